The van der Waals surface area contributed by atoms with E-state index in [9.17, 15) is 0 Å². The van der Waals surface area contributed by atoms with Gasteiger partial charge in [0, 0.05) is 6.04 Å². The van der Waals surface area contributed by atoms with E-state index in [1.165, 1.54) is 32.1 Å². The molecule has 2 aliphatic carbocycles. The van der Waals surface area contributed by atoms with Crippen molar-refractivity contribution in [2.24, 2.45) is 0 Å². The van der Waals surface area contributed by atoms with Crippen molar-refractivity contribution in [3.05, 3.63) is 0 Å². The topological polar surface area (TPSA) is 35.8 Å². The summed E-state index contributed by atoms with van der Waals surface area (Å²) < 4.78 is 0. The van der Waals surface area contributed by atoms with Gasteiger partial charge in [-0.1, -0.05) is 19.3 Å². The lowest BCUT2D eigenvalue weighted by molar-refractivity contribution is 0.295. The SMILES string of the molecule is N#CC1(NC2CC2)CCCCC1. The fourth-order valence-electron chi connectivity index (χ4n) is 2.06. The lowest BCUT2D eigenvalue weighted by atomic mass is 9.83. The summed E-state index contributed by atoms with van der Waals surface area (Å²) in [6.07, 6.45) is 8.48. The van der Waals surface area contributed by atoms with E-state index in [1.807, 2.05) is 0 Å². The van der Waals surface area contributed by atoms with Crippen molar-refractivity contribution in [3.8, 4) is 6.07 Å². The predicted octanol–water partition coefficient (Wildman–Crippen LogP) is 1.96. The monoisotopic (exact) mass is 164 g/mol. The molecule has 0 aromatic rings. The van der Waals surface area contributed by atoms with Crippen LogP contribution in [-0.4, -0.2) is 11.6 Å². The van der Waals surface area contributed by atoms with E-state index in [-0.39, 0.29) is 5.54 Å². The van der Waals surface area contributed by atoms with Gasteiger partial charge in [0.15, 0.2) is 0 Å². The summed E-state index contributed by atoms with van der Waals surface area (Å²) in [5.74, 6) is 0. The van der Waals surface area contributed by atoms with Gasteiger partial charge in [0.1, 0.15) is 5.54 Å². The summed E-state index contributed by atoms with van der Waals surface area (Å²) in [4.78, 5) is 0. The molecular weight excluding hydrogens is 148 g/mol. The van der Waals surface area contributed by atoms with Gasteiger partial charge in [-0.05, 0) is 25.7 Å². The van der Waals surface area contributed by atoms with Crippen molar-refractivity contribution in [2.75, 3.05) is 0 Å². The Kier molecular flexibility index (Phi) is 2.06. The minimum absolute atomic E-state index is 0.139. The Morgan fingerprint density at radius 1 is 1.17 bits per heavy atom. The normalized spacial score (nSPS) is 27.9. The molecule has 2 saturated carbocycles. The van der Waals surface area contributed by atoms with Crippen molar-refractivity contribution < 1.29 is 0 Å². The fraction of sp³-hybridized carbons (Fsp3) is 0.900. The van der Waals surface area contributed by atoms with Crippen LogP contribution in [0.3, 0.4) is 0 Å². The highest BCUT2D eigenvalue weighted by Crippen LogP contribution is 2.31. The molecule has 2 aliphatic rings. The van der Waals surface area contributed by atoms with Crippen molar-refractivity contribution in [1.29, 1.82) is 5.26 Å². The molecule has 0 aromatic heterocycles. The zero-order valence-electron chi connectivity index (χ0n) is 7.47. The second kappa shape index (κ2) is 3.06. The Morgan fingerprint density at radius 2 is 1.83 bits per heavy atom. The summed E-state index contributed by atoms with van der Waals surface area (Å²) in [5.41, 5.74) is -0.139. The molecule has 0 heterocycles. The van der Waals surface area contributed by atoms with Gasteiger partial charge in [-0.15, -0.1) is 0 Å². The van der Waals surface area contributed by atoms with Crippen LogP contribution in [-0.2, 0) is 0 Å². The number of hydrogen-bond acceptors (Lipinski definition) is 2. The number of rotatable bonds is 2. The standard InChI is InChI=1S/C10H16N2/c11-8-10(12-9-4-5-9)6-2-1-3-7-10/h9,12H,1-7H2. The van der Waals surface area contributed by atoms with Gasteiger partial charge in [0.25, 0.3) is 0 Å². The number of nitriles is 1. The van der Waals surface area contributed by atoms with Gasteiger partial charge < -0.3 is 0 Å². The van der Waals surface area contributed by atoms with Crippen molar-refractivity contribution in [3.63, 3.8) is 0 Å². The van der Waals surface area contributed by atoms with Crippen LogP contribution >= 0.6 is 0 Å². The number of nitrogens with one attached hydrogen (secondary N) is 1. The molecule has 0 radical (unpaired) electrons. The summed E-state index contributed by atoms with van der Waals surface area (Å²) in [7, 11) is 0. The molecule has 0 saturated heterocycles. The van der Waals surface area contributed by atoms with Crippen LogP contribution in [0.4, 0.5) is 0 Å². The van der Waals surface area contributed by atoms with Gasteiger partial charge in [0.2, 0.25) is 0 Å². The van der Waals surface area contributed by atoms with Crippen LogP contribution < -0.4 is 5.32 Å². The molecule has 2 heteroatoms. The average molecular weight is 164 g/mol. The molecule has 12 heavy (non-hydrogen) atoms. The minimum Gasteiger partial charge on any atom is -0.297 e. The molecule has 0 aliphatic heterocycles. The smallest absolute Gasteiger partial charge is 0.106 e. The molecule has 0 atom stereocenters. The quantitative estimate of drug-likeness (QED) is 0.677. The van der Waals surface area contributed by atoms with E-state index in [1.54, 1.807) is 0 Å². The van der Waals surface area contributed by atoms with Gasteiger partial charge in [0.05, 0.1) is 6.07 Å². The first-order valence-electron chi connectivity index (χ1n) is 5.04. The van der Waals surface area contributed by atoms with Crippen LogP contribution in [0, 0.1) is 11.3 Å². The molecule has 0 amide bonds. The van der Waals surface area contributed by atoms with Crippen LogP contribution in [0.5, 0.6) is 0 Å². The third-order valence-corrected chi connectivity index (χ3v) is 2.98. The third kappa shape index (κ3) is 1.61. The maximum atomic E-state index is 9.11. The largest absolute Gasteiger partial charge is 0.297 e. The van der Waals surface area contributed by atoms with Crippen molar-refractivity contribution >= 4 is 0 Å². The van der Waals surface area contributed by atoms with E-state index >= 15 is 0 Å². The van der Waals surface area contributed by atoms with Crippen molar-refractivity contribution in [2.45, 2.75) is 56.5 Å². The van der Waals surface area contributed by atoms with E-state index < -0.39 is 0 Å². The summed E-state index contributed by atoms with van der Waals surface area (Å²) in [5, 5.41) is 12.6. The first-order chi connectivity index (χ1) is 5.85. The Labute approximate surface area is 74.0 Å². The van der Waals surface area contributed by atoms with E-state index in [2.05, 4.69) is 11.4 Å². The molecule has 0 bridgehead atoms. The Bertz CT molecular complexity index is 194. The van der Waals surface area contributed by atoms with Crippen LogP contribution in [0.15, 0.2) is 0 Å². The molecule has 0 unspecified atom stereocenters. The van der Waals surface area contributed by atoms with Crippen LogP contribution in [0.1, 0.15) is 44.9 Å². The van der Waals surface area contributed by atoms with E-state index in [0.29, 0.717) is 6.04 Å². The molecular formula is C10H16N2. The lowest BCUT2D eigenvalue weighted by Gasteiger charge is -2.31. The zero-order chi connectivity index (χ0) is 8.44. The highest BCUT2D eigenvalue weighted by atomic mass is 15.0. The highest BCUT2D eigenvalue weighted by molar-refractivity contribution is 5.10. The van der Waals surface area contributed by atoms with E-state index in [0.717, 1.165) is 12.8 Å². The molecule has 2 rings (SSSR count). The highest BCUT2D eigenvalue weighted by Gasteiger charge is 2.37. The minimum atomic E-state index is -0.139. The Morgan fingerprint density at radius 3 is 2.33 bits per heavy atom. The number of nitrogens with zero attached hydrogens (tertiary/aromatic N) is 1. The first-order valence-corrected chi connectivity index (χ1v) is 5.04. The maximum absolute atomic E-state index is 9.11. The molecule has 2 fully saturated rings. The Hall–Kier alpha value is -0.550. The van der Waals surface area contributed by atoms with Gasteiger partial charge >= 0.3 is 0 Å². The second-order valence-electron chi connectivity index (χ2n) is 4.17. The van der Waals surface area contributed by atoms with Gasteiger partial charge in [-0.25, -0.2) is 0 Å². The number of hydrogen-bond donors (Lipinski definition) is 1. The average Bonchev–Trinajstić information content (AvgIpc) is 2.90. The summed E-state index contributed by atoms with van der Waals surface area (Å²) >= 11 is 0. The zero-order valence-corrected chi connectivity index (χ0v) is 7.47. The van der Waals surface area contributed by atoms with Gasteiger partial charge in [-0.2, -0.15) is 5.26 Å². The van der Waals surface area contributed by atoms with Crippen LogP contribution in [0.25, 0.3) is 0 Å². The van der Waals surface area contributed by atoms with Crippen LogP contribution in [0.2, 0.25) is 0 Å². The first kappa shape index (κ1) is 8.07. The Balaban J connectivity index is 1.96. The van der Waals surface area contributed by atoms with Crippen molar-refractivity contribution in [1.82, 2.24) is 5.32 Å². The summed E-state index contributed by atoms with van der Waals surface area (Å²) in [6, 6.07) is 3.15. The van der Waals surface area contributed by atoms with Gasteiger partial charge in [-0.3, -0.25) is 5.32 Å². The molecule has 66 valence electrons. The molecule has 2 nitrogen and oxygen atoms in total. The summed E-state index contributed by atoms with van der Waals surface area (Å²) in [6.45, 7) is 0. The van der Waals surface area contributed by atoms with E-state index in [4.69, 9.17) is 5.26 Å². The third-order valence-electron chi connectivity index (χ3n) is 2.98. The molecule has 0 aromatic carbocycles. The molecule has 1 N–H and O–H groups in total. The fourth-order valence-corrected chi connectivity index (χ4v) is 2.06. The maximum Gasteiger partial charge on any atom is 0.106 e. The predicted molar refractivity (Wildman–Crippen MR) is 47.6 cm³/mol. The molecule has 0 spiro atoms. The second-order valence-corrected chi connectivity index (χ2v) is 4.17. The lowest BCUT2D eigenvalue weighted by Crippen LogP contribution is -2.46.